The van der Waals surface area contributed by atoms with Gasteiger partial charge in [-0.15, -0.1) is 0 Å². The highest BCUT2D eigenvalue weighted by atomic mass is 32.2. The van der Waals surface area contributed by atoms with Crippen LogP contribution in [0.1, 0.15) is 36.0 Å². The number of nitrogens with zero attached hydrogens (tertiary/aromatic N) is 1. The van der Waals surface area contributed by atoms with Gasteiger partial charge in [0.25, 0.3) is 0 Å². The highest BCUT2D eigenvalue weighted by Crippen LogP contribution is 2.39. The Hall–Kier alpha value is -1.23. The maximum Gasteiger partial charge on any atom is 0.167 e. The summed E-state index contributed by atoms with van der Waals surface area (Å²) < 4.78 is 17.1. The topological polar surface area (TPSA) is 56.3 Å². The second-order valence-corrected chi connectivity index (χ2v) is 7.29. The molecule has 3 heterocycles. The molecule has 102 valence electrons. The summed E-state index contributed by atoms with van der Waals surface area (Å²) in [6.45, 7) is 0. The van der Waals surface area contributed by atoms with Crippen molar-refractivity contribution in [2.24, 2.45) is 5.92 Å². The van der Waals surface area contributed by atoms with Crippen molar-refractivity contribution in [3.8, 4) is 5.75 Å². The number of fused-ring (bicyclic) bond motifs is 2. The summed E-state index contributed by atoms with van der Waals surface area (Å²) >= 11 is 0. The minimum Gasteiger partial charge on any atom is -0.495 e. The van der Waals surface area contributed by atoms with Gasteiger partial charge >= 0.3 is 0 Å². The second kappa shape index (κ2) is 5.04. The van der Waals surface area contributed by atoms with Crippen LogP contribution in [0.15, 0.2) is 18.5 Å². The monoisotopic (exact) mass is 279 g/mol. The van der Waals surface area contributed by atoms with Gasteiger partial charge in [-0.05, 0) is 31.7 Å². The Morgan fingerprint density at radius 3 is 2.63 bits per heavy atom. The number of hydrogen-bond donors (Lipinski definition) is 0. The molecule has 2 aliphatic rings. The van der Waals surface area contributed by atoms with Gasteiger partial charge in [0, 0.05) is 39.0 Å². The minimum absolute atomic E-state index is 0.00380. The molecule has 1 aromatic rings. The van der Waals surface area contributed by atoms with Crippen LogP contribution in [0.25, 0.3) is 0 Å². The fourth-order valence-corrected chi connectivity index (χ4v) is 5.27. The lowest BCUT2D eigenvalue weighted by Crippen LogP contribution is -2.32. The number of hydrogen-bond acceptors (Lipinski definition) is 4. The van der Waals surface area contributed by atoms with E-state index in [4.69, 9.17) is 4.74 Å². The van der Waals surface area contributed by atoms with E-state index in [1.165, 1.54) is 0 Å². The van der Waals surface area contributed by atoms with Crippen LogP contribution in [0.5, 0.6) is 5.75 Å². The molecule has 3 rings (SSSR count). The Balaban J connectivity index is 1.79. The molecule has 2 unspecified atom stereocenters. The summed E-state index contributed by atoms with van der Waals surface area (Å²) in [6, 6.07) is 1.74. The van der Waals surface area contributed by atoms with E-state index in [0.717, 1.165) is 25.7 Å². The molecule has 2 aliphatic heterocycles. The van der Waals surface area contributed by atoms with Crippen LogP contribution >= 0.6 is 0 Å². The lowest BCUT2D eigenvalue weighted by molar-refractivity contribution is 0.0905. The summed E-state index contributed by atoms with van der Waals surface area (Å²) in [7, 11) is 0.854. The lowest BCUT2D eigenvalue weighted by Gasteiger charge is -2.26. The molecule has 0 aliphatic carbocycles. The normalized spacial score (nSPS) is 33.1. The summed E-state index contributed by atoms with van der Waals surface area (Å²) in [4.78, 5) is 16.5. The number of carbonyl (C=O) groups excluding carboxylic acids is 1. The Bertz CT molecular complexity index is 515. The van der Waals surface area contributed by atoms with Crippen molar-refractivity contribution in [2.75, 3.05) is 7.11 Å². The molecular formula is C14H17NO3S. The summed E-state index contributed by atoms with van der Waals surface area (Å²) in [5.41, 5.74) is 0.608. The third kappa shape index (κ3) is 2.31. The average molecular weight is 279 g/mol. The van der Waals surface area contributed by atoms with Crippen LogP contribution in [-0.4, -0.2) is 32.6 Å². The second-order valence-electron chi connectivity index (χ2n) is 5.30. The van der Waals surface area contributed by atoms with E-state index in [1.807, 2.05) is 0 Å². The number of aromatic nitrogens is 1. The highest BCUT2D eigenvalue weighted by Gasteiger charge is 2.42. The third-order valence-corrected chi connectivity index (χ3v) is 6.34. The number of carbonyl (C=O) groups is 1. The number of rotatable bonds is 3. The number of Topliss-reactive ketones (excluding diaryl/α,β-unsaturated/α-hetero) is 1. The zero-order chi connectivity index (χ0) is 13.4. The SMILES string of the molecule is COc1cncc(C(=O)C2CC3CCC(C2)S3=O)c1. The molecule has 1 aromatic heterocycles. The molecule has 0 saturated carbocycles. The molecule has 2 bridgehead atoms. The summed E-state index contributed by atoms with van der Waals surface area (Å²) in [5, 5.41) is 0.456. The van der Waals surface area contributed by atoms with Crippen molar-refractivity contribution in [3.05, 3.63) is 24.0 Å². The number of pyridine rings is 1. The van der Waals surface area contributed by atoms with Crippen molar-refractivity contribution in [2.45, 2.75) is 36.2 Å². The van der Waals surface area contributed by atoms with Crippen molar-refractivity contribution in [1.29, 1.82) is 0 Å². The van der Waals surface area contributed by atoms with Crippen LogP contribution in [0, 0.1) is 5.92 Å². The Labute approximate surface area is 115 Å². The molecule has 2 saturated heterocycles. The summed E-state index contributed by atoms with van der Waals surface area (Å²) in [6.07, 6.45) is 6.74. The smallest absolute Gasteiger partial charge is 0.167 e. The van der Waals surface area contributed by atoms with E-state index in [1.54, 1.807) is 25.6 Å². The van der Waals surface area contributed by atoms with Crippen LogP contribution in [0.4, 0.5) is 0 Å². The molecule has 5 heteroatoms. The molecule has 0 spiro atoms. The first-order valence-electron chi connectivity index (χ1n) is 6.61. The molecule has 0 radical (unpaired) electrons. The zero-order valence-corrected chi connectivity index (χ0v) is 11.7. The molecule has 0 amide bonds. The zero-order valence-electron chi connectivity index (χ0n) is 10.9. The largest absolute Gasteiger partial charge is 0.495 e. The maximum atomic E-state index is 12.5. The Morgan fingerprint density at radius 1 is 1.32 bits per heavy atom. The van der Waals surface area contributed by atoms with Crippen molar-refractivity contribution >= 4 is 16.6 Å². The number of methoxy groups -OCH3 is 1. The van der Waals surface area contributed by atoms with Crippen molar-refractivity contribution < 1.29 is 13.7 Å². The average Bonchev–Trinajstić information content (AvgIpc) is 2.68. The third-order valence-electron chi connectivity index (χ3n) is 4.17. The quantitative estimate of drug-likeness (QED) is 0.794. The lowest BCUT2D eigenvalue weighted by atomic mass is 9.91. The fourth-order valence-electron chi connectivity index (χ4n) is 3.15. The van der Waals surface area contributed by atoms with Crippen LogP contribution < -0.4 is 4.74 Å². The van der Waals surface area contributed by atoms with Crippen molar-refractivity contribution in [1.82, 2.24) is 4.98 Å². The minimum atomic E-state index is -0.711. The first-order chi connectivity index (χ1) is 9.19. The van der Waals surface area contributed by atoms with Crippen LogP contribution in [0.3, 0.4) is 0 Å². The van der Waals surface area contributed by atoms with E-state index in [0.29, 0.717) is 11.3 Å². The number of ether oxygens (including phenoxy) is 1. The first-order valence-corrected chi connectivity index (χ1v) is 7.89. The molecule has 19 heavy (non-hydrogen) atoms. The van der Waals surface area contributed by atoms with Gasteiger partial charge in [-0.25, -0.2) is 0 Å². The van der Waals surface area contributed by atoms with Crippen LogP contribution in [0.2, 0.25) is 0 Å². The van der Waals surface area contributed by atoms with Gasteiger partial charge in [-0.2, -0.15) is 0 Å². The summed E-state index contributed by atoms with van der Waals surface area (Å²) in [5.74, 6) is 0.734. The molecule has 0 aromatic carbocycles. The van der Waals surface area contributed by atoms with Crippen LogP contribution in [-0.2, 0) is 10.8 Å². The Kier molecular flexibility index (Phi) is 3.39. The van der Waals surface area contributed by atoms with E-state index in [9.17, 15) is 9.00 Å². The van der Waals surface area contributed by atoms with Gasteiger partial charge in [0.2, 0.25) is 0 Å². The first kappa shape index (κ1) is 12.8. The highest BCUT2D eigenvalue weighted by molar-refractivity contribution is 7.86. The number of ketones is 1. The molecule has 2 atom stereocenters. The Morgan fingerprint density at radius 2 is 2.00 bits per heavy atom. The van der Waals surface area contributed by atoms with Gasteiger partial charge in [-0.3, -0.25) is 14.0 Å². The van der Waals surface area contributed by atoms with E-state index < -0.39 is 10.8 Å². The predicted octanol–water partition coefficient (Wildman–Crippen LogP) is 1.96. The van der Waals surface area contributed by atoms with Gasteiger partial charge < -0.3 is 4.74 Å². The van der Waals surface area contributed by atoms with Crippen molar-refractivity contribution in [3.63, 3.8) is 0 Å². The van der Waals surface area contributed by atoms with Gasteiger partial charge in [0.15, 0.2) is 5.78 Å². The molecule has 2 fully saturated rings. The molecule has 4 nitrogen and oxygen atoms in total. The van der Waals surface area contributed by atoms with Gasteiger partial charge in [0.1, 0.15) is 5.75 Å². The van der Waals surface area contributed by atoms with E-state index >= 15 is 0 Å². The van der Waals surface area contributed by atoms with Gasteiger partial charge in [-0.1, -0.05) is 0 Å². The van der Waals surface area contributed by atoms with E-state index in [2.05, 4.69) is 4.98 Å². The fraction of sp³-hybridized carbons (Fsp3) is 0.571. The molecule has 0 N–H and O–H groups in total. The molecular weight excluding hydrogens is 262 g/mol. The predicted molar refractivity (Wildman–Crippen MR) is 72.8 cm³/mol. The standard InChI is InChI=1S/C14H17NO3S/c1-18-11-4-10(7-15-8-11)14(16)9-5-12-2-3-13(6-9)19(12)17/h4,7-9,12-13H,2-3,5-6H2,1H3. The van der Waals surface area contributed by atoms with E-state index in [-0.39, 0.29) is 22.2 Å². The maximum absolute atomic E-state index is 12.5. The van der Waals surface area contributed by atoms with Gasteiger partial charge in [0.05, 0.1) is 13.3 Å².